The third kappa shape index (κ3) is 5.67. The summed E-state index contributed by atoms with van der Waals surface area (Å²) in [6.07, 6.45) is 2.04. The van der Waals surface area contributed by atoms with Crippen molar-refractivity contribution in [2.45, 2.75) is 52.3 Å². The molecule has 162 valence electrons. The van der Waals surface area contributed by atoms with Crippen LogP contribution in [0.3, 0.4) is 0 Å². The summed E-state index contributed by atoms with van der Waals surface area (Å²) in [6.45, 7) is 8.04. The first kappa shape index (κ1) is 23.6. The Hall–Kier alpha value is -1.71. The summed E-state index contributed by atoms with van der Waals surface area (Å²) in [5, 5.41) is 6.79. The zero-order valence-corrected chi connectivity index (χ0v) is 20.3. The molecule has 0 aliphatic carbocycles. The Morgan fingerprint density at radius 1 is 1.41 bits per heavy atom. The highest BCUT2D eigenvalue weighted by atomic mass is 127. The van der Waals surface area contributed by atoms with Crippen molar-refractivity contribution in [1.82, 2.24) is 15.5 Å². The largest absolute Gasteiger partial charge is 0.496 e. The van der Waals surface area contributed by atoms with Crippen LogP contribution in [0.1, 0.15) is 38.3 Å². The van der Waals surface area contributed by atoms with E-state index in [-0.39, 0.29) is 47.9 Å². The highest BCUT2D eigenvalue weighted by molar-refractivity contribution is 14.0. The van der Waals surface area contributed by atoms with Crippen LogP contribution in [0, 0.1) is 5.92 Å². The lowest BCUT2D eigenvalue weighted by Crippen LogP contribution is -2.45. The Balaban J connectivity index is 0.00000300. The topological polar surface area (TPSA) is 75.2 Å². The fourth-order valence-corrected chi connectivity index (χ4v) is 3.82. The number of ether oxygens (including phenoxy) is 2. The lowest BCUT2D eigenvalue weighted by Gasteiger charge is -2.20. The number of hydrogen-bond acceptors (Lipinski definition) is 4. The second-order valence-corrected chi connectivity index (χ2v) is 7.90. The fourth-order valence-electron chi connectivity index (χ4n) is 3.82. The van der Waals surface area contributed by atoms with Crippen molar-refractivity contribution in [3.63, 3.8) is 0 Å². The minimum atomic E-state index is 0. The molecular weight excluding hydrogens is 483 g/mol. The smallest absolute Gasteiger partial charge is 0.225 e. The number of rotatable bonds is 5. The number of methoxy groups -OCH3 is 1. The highest BCUT2D eigenvalue weighted by Crippen LogP contribution is 2.34. The monoisotopic (exact) mass is 516 g/mol. The number of carbonyl (C=O) groups excluding carboxylic acids is 1. The van der Waals surface area contributed by atoms with E-state index in [1.165, 1.54) is 5.56 Å². The van der Waals surface area contributed by atoms with Crippen molar-refractivity contribution < 1.29 is 14.3 Å². The molecule has 0 aromatic heterocycles. The standard InChI is InChI=1S/C21H32N4O3.HI/c1-13(2)20(26)25-7-6-17(12-25)24-21(22-4)23-11-16-10-19-15(8-14(3)28-19)9-18(16)27-5;/h9-10,13-14,17H,6-8,11-12H2,1-5H3,(H2,22,23,24);1H. The summed E-state index contributed by atoms with van der Waals surface area (Å²) in [7, 11) is 3.45. The first-order chi connectivity index (χ1) is 13.4. The molecule has 1 saturated heterocycles. The highest BCUT2D eigenvalue weighted by Gasteiger charge is 2.28. The number of hydrogen-bond donors (Lipinski definition) is 2. The molecule has 0 radical (unpaired) electrons. The lowest BCUT2D eigenvalue weighted by atomic mass is 10.1. The van der Waals surface area contributed by atoms with Gasteiger partial charge in [0.05, 0.1) is 7.11 Å². The zero-order chi connectivity index (χ0) is 20.3. The van der Waals surface area contributed by atoms with Crippen LogP contribution in [0.15, 0.2) is 17.1 Å². The van der Waals surface area contributed by atoms with Crippen LogP contribution in [0.2, 0.25) is 0 Å². The molecule has 2 atom stereocenters. The minimum absolute atomic E-state index is 0. The molecule has 1 fully saturated rings. The molecule has 3 rings (SSSR count). The Morgan fingerprint density at radius 3 is 2.83 bits per heavy atom. The zero-order valence-electron chi connectivity index (χ0n) is 17.9. The Morgan fingerprint density at radius 2 is 2.17 bits per heavy atom. The van der Waals surface area contributed by atoms with Gasteiger partial charge < -0.3 is 25.0 Å². The van der Waals surface area contributed by atoms with E-state index in [2.05, 4.69) is 34.7 Å². The number of nitrogens with one attached hydrogen (secondary N) is 2. The van der Waals surface area contributed by atoms with Gasteiger partial charge in [0.2, 0.25) is 5.91 Å². The Kier molecular flexibility index (Phi) is 8.42. The average Bonchev–Trinajstić information content (AvgIpc) is 3.28. The number of guanidine groups is 1. The molecular formula is C21H33IN4O3. The SMILES string of the molecule is CN=C(NCc1cc2c(cc1OC)CC(C)O2)NC1CCN(C(=O)C(C)C)C1.I. The Bertz CT molecular complexity index is 754. The number of carbonyl (C=O) groups is 1. The van der Waals surface area contributed by atoms with Crippen molar-refractivity contribution in [3.05, 3.63) is 23.3 Å². The molecule has 2 unspecified atom stereocenters. The molecule has 1 aromatic rings. The summed E-state index contributed by atoms with van der Waals surface area (Å²) in [6, 6.07) is 4.33. The summed E-state index contributed by atoms with van der Waals surface area (Å²) in [5.41, 5.74) is 2.22. The molecule has 7 nitrogen and oxygen atoms in total. The first-order valence-corrected chi connectivity index (χ1v) is 10.0. The quantitative estimate of drug-likeness (QED) is 0.358. The van der Waals surface area contributed by atoms with Gasteiger partial charge in [-0.2, -0.15) is 0 Å². The van der Waals surface area contributed by atoms with Gasteiger partial charge in [-0.3, -0.25) is 9.79 Å². The van der Waals surface area contributed by atoms with Crippen molar-refractivity contribution >= 4 is 35.8 Å². The van der Waals surface area contributed by atoms with E-state index in [9.17, 15) is 4.79 Å². The third-order valence-corrected chi connectivity index (χ3v) is 5.30. The number of benzene rings is 1. The van der Waals surface area contributed by atoms with Gasteiger partial charge in [0.15, 0.2) is 5.96 Å². The van der Waals surface area contributed by atoms with Crippen molar-refractivity contribution in [2.24, 2.45) is 10.9 Å². The summed E-state index contributed by atoms with van der Waals surface area (Å²) in [4.78, 5) is 18.4. The third-order valence-electron chi connectivity index (χ3n) is 5.30. The minimum Gasteiger partial charge on any atom is -0.496 e. The molecule has 1 amide bonds. The number of fused-ring (bicyclic) bond motifs is 1. The van der Waals surface area contributed by atoms with Crippen LogP contribution < -0.4 is 20.1 Å². The van der Waals surface area contributed by atoms with E-state index < -0.39 is 0 Å². The Labute approximate surface area is 190 Å². The summed E-state index contributed by atoms with van der Waals surface area (Å²) in [5.74, 6) is 2.76. The van der Waals surface area contributed by atoms with Crippen LogP contribution in [-0.2, 0) is 17.8 Å². The average molecular weight is 516 g/mol. The molecule has 2 aliphatic heterocycles. The van der Waals surface area contributed by atoms with E-state index in [1.54, 1.807) is 14.2 Å². The van der Waals surface area contributed by atoms with E-state index in [4.69, 9.17) is 9.47 Å². The number of nitrogens with zero attached hydrogens (tertiary/aromatic N) is 2. The van der Waals surface area contributed by atoms with Crippen molar-refractivity contribution in [2.75, 3.05) is 27.2 Å². The molecule has 1 aromatic carbocycles. The summed E-state index contributed by atoms with van der Waals surface area (Å²) < 4.78 is 11.4. The maximum Gasteiger partial charge on any atom is 0.225 e. The van der Waals surface area contributed by atoms with Gasteiger partial charge in [-0.15, -0.1) is 24.0 Å². The maximum atomic E-state index is 12.2. The van der Waals surface area contributed by atoms with Crippen LogP contribution in [0.4, 0.5) is 0 Å². The van der Waals surface area contributed by atoms with E-state index in [0.717, 1.165) is 42.4 Å². The van der Waals surface area contributed by atoms with Gasteiger partial charge in [0.1, 0.15) is 17.6 Å². The van der Waals surface area contributed by atoms with E-state index in [0.29, 0.717) is 13.1 Å². The van der Waals surface area contributed by atoms with Crippen molar-refractivity contribution in [1.29, 1.82) is 0 Å². The van der Waals surface area contributed by atoms with Crippen molar-refractivity contribution in [3.8, 4) is 11.5 Å². The van der Waals surface area contributed by atoms with E-state index >= 15 is 0 Å². The van der Waals surface area contributed by atoms with Crippen LogP contribution in [-0.4, -0.2) is 56.2 Å². The molecule has 2 heterocycles. The second-order valence-electron chi connectivity index (χ2n) is 7.90. The second kappa shape index (κ2) is 10.4. The predicted molar refractivity (Wildman–Crippen MR) is 125 cm³/mol. The maximum absolute atomic E-state index is 12.2. The van der Waals surface area contributed by atoms with Crippen LogP contribution in [0.5, 0.6) is 11.5 Å². The van der Waals surface area contributed by atoms with Crippen LogP contribution in [0.25, 0.3) is 0 Å². The first-order valence-electron chi connectivity index (χ1n) is 10.0. The van der Waals surface area contributed by atoms with E-state index in [1.807, 2.05) is 18.7 Å². The molecule has 0 bridgehead atoms. The fraction of sp³-hybridized carbons (Fsp3) is 0.619. The molecule has 29 heavy (non-hydrogen) atoms. The molecule has 2 N–H and O–H groups in total. The molecule has 2 aliphatic rings. The van der Waals surface area contributed by atoms with Gasteiger partial charge in [0, 0.05) is 56.2 Å². The number of amides is 1. The number of aliphatic imine (C=N–C) groups is 1. The van der Waals surface area contributed by atoms with Gasteiger partial charge in [0.25, 0.3) is 0 Å². The summed E-state index contributed by atoms with van der Waals surface area (Å²) >= 11 is 0. The van der Waals surface area contributed by atoms with Gasteiger partial charge in [-0.25, -0.2) is 0 Å². The van der Waals surface area contributed by atoms with Gasteiger partial charge in [-0.1, -0.05) is 13.8 Å². The van der Waals surface area contributed by atoms with Crippen LogP contribution >= 0.6 is 24.0 Å². The number of halogens is 1. The lowest BCUT2D eigenvalue weighted by molar-refractivity contribution is -0.133. The molecule has 0 saturated carbocycles. The molecule has 0 spiro atoms. The normalized spacial score (nSPS) is 20.8. The predicted octanol–water partition coefficient (Wildman–Crippen LogP) is 2.56. The van der Waals surface area contributed by atoms with Gasteiger partial charge in [-0.05, 0) is 25.5 Å². The molecule has 8 heteroatoms. The van der Waals surface area contributed by atoms with Gasteiger partial charge >= 0.3 is 0 Å². The number of likely N-dealkylation sites (tertiary alicyclic amines) is 1.